The van der Waals surface area contributed by atoms with Gasteiger partial charge < -0.3 is 5.32 Å². The maximum absolute atomic E-state index is 9.15. The Morgan fingerprint density at radius 2 is 2.06 bits per heavy atom. The van der Waals surface area contributed by atoms with Crippen LogP contribution in [-0.4, -0.2) is 16.2 Å². The van der Waals surface area contributed by atoms with Crippen LogP contribution in [0.3, 0.4) is 0 Å². The van der Waals surface area contributed by atoms with Crippen molar-refractivity contribution in [2.24, 2.45) is 5.41 Å². The third kappa shape index (κ3) is 1.68. The van der Waals surface area contributed by atoms with Gasteiger partial charge in [-0.15, -0.1) is 10.2 Å². The smallest absolute Gasteiger partial charge is 0.186 e. The number of anilines is 1. The lowest BCUT2D eigenvalue weighted by Gasteiger charge is -2.11. The predicted molar refractivity (Wildman–Crippen MR) is 70.1 cm³/mol. The van der Waals surface area contributed by atoms with Crippen molar-refractivity contribution in [2.75, 3.05) is 5.32 Å². The molecule has 1 heterocycles. The van der Waals surface area contributed by atoms with Crippen molar-refractivity contribution in [3.05, 3.63) is 30.0 Å². The monoisotopic (exact) mass is 238 g/mol. The van der Waals surface area contributed by atoms with Crippen molar-refractivity contribution in [2.45, 2.75) is 26.3 Å². The van der Waals surface area contributed by atoms with Crippen LogP contribution >= 0.6 is 0 Å². The Bertz CT molecular complexity index is 654. The minimum absolute atomic E-state index is 0.303. The number of hydrogen-bond acceptors (Lipinski definition) is 4. The molecular formula is C14H14N4. The van der Waals surface area contributed by atoms with Crippen LogP contribution in [0.2, 0.25) is 0 Å². The molecule has 0 saturated heterocycles. The minimum atomic E-state index is 0.303. The summed E-state index contributed by atoms with van der Waals surface area (Å²) in [5.74, 6) is 0. The molecule has 1 saturated carbocycles. The molecule has 0 aliphatic heterocycles. The number of nitriles is 1. The van der Waals surface area contributed by atoms with Gasteiger partial charge in [0.2, 0.25) is 0 Å². The second-order valence-electron chi connectivity index (χ2n) is 5.44. The van der Waals surface area contributed by atoms with Gasteiger partial charge >= 0.3 is 0 Å². The van der Waals surface area contributed by atoms with Crippen LogP contribution in [0.1, 0.15) is 26.0 Å². The molecule has 90 valence electrons. The Morgan fingerprint density at radius 3 is 2.72 bits per heavy atom. The maximum atomic E-state index is 9.15. The molecular weight excluding hydrogens is 224 g/mol. The van der Waals surface area contributed by atoms with Crippen molar-refractivity contribution in [3.8, 4) is 6.07 Å². The minimum Gasteiger partial charge on any atom is -0.379 e. The van der Waals surface area contributed by atoms with E-state index >= 15 is 0 Å². The summed E-state index contributed by atoms with van der Waals surface area (Å²) in [4.78, 5) is 0. The zero-order valence-electron chi connectivity index (χ0n) is 10.4. The van der Waals surface area contributed by atoms with E-state index in [1.165, 1.54) is 0 Å². The Balaban J connectivity index is 2.10. The predicted octanol–water partition coefficient (Wildman–Crippen LogP) is 2.71. The summed E-state index contributed by atoms with van der Waals surface area (Å²) in [6.07, 6.45) is 1.12. The van der Waals surface area contributed by atoms with Gasteiger partial charge in [0.25, 0.3) is 0 Å². The van der Waals surface area contributed by atoms with E-state index in [0.29, 0.717) is 17.2 Å². The Labute approximate surface area is 106 Å². The summed E-state index contributed by atoms with van der Waals surface area (Å²) >= 11 is 0. The summed E-state index contributed by atoms with van der Waals surface area (Å²) in [5.41, 5.74) is 2.31. The molecule has 3 rings (SSSR count). The molecule has 1 atom stereocenters. The maximum Gasteiger partial charge on any atom is 0.186 e. The summed E-state index contributed by atoms with van der Waals surface area (Å²) in [7, 11) is 0. The molecule has 0 spiro atoms. The molecule has 4 heteroatoms. The van der Waals surface area contributed by atoms with Crippen molar-refractivity contribution in [1.29, 1.82) is 5.26 Å². The first-order valence-corrected chi connectivity index (χ1v) is 6.04. The Kier molecular flexibility index (Phi) is 2.24. The number of nitrogens with zero attached hydrogens (tertiary/aromatic N) is 3. The first-order valence-electron chi connectivity index (χ1n) is 6.04. The molecule has 1 aromatic heterocycles. The molecule has 1 unspecified atom stereocenters. The standard InChI is InChI=1S/C14H14N4/c1-14(2)7-12(14)16-13-9-5-3-4-6-10(9)17-18-11(13)8-15/h3-6,12H,7H2,1-2H3,(H,16,17). The van der Waals surface area contributed by atoms with Crippen LogP contribution in [0.25, 0.3) is 10.9 Å². The molecule has 1 N–H and O–H groups in total. The lowest BCUT2D eigenvalue weighted by atomic mass is 10.1. The summed E-state index contributed by atoms with van der Waals surface area (Å²) in [6, 6.07) is 10.3. The summed E-state index contributed by atoms with van der Waals surface area (Å²) in [6.45, 7) is 4.43. The number of rotatable bonds is 2. The molecule has 1 aliphatic carbocycles. The van der Waals surface area contributed by atoms with E-state index in [-0.39, 0.29) is 0 Å². The van der Waals surface area contributed by atoms with Crippen molar-refractivity contribution in [1.82, 2.24) is 10.2 Å². The van der Waals surface area contributed by atoms with Crippen LogP contribution in [0, 0.1) is 16.7 Å². The second-order valence-corrected chi connectivity index (χ2v) is 5.44. The Morgan fingerprint density at radius 1 is 1.33 bits per heavy atom. The third-order valence-electron chi connectivity index (χ3n) is 3.61. The molecule has 4 nitrogen and oxygen atoms in total. The molecule has 0 radical (unpaired) electrons. The van der Waals surface area contributed by atoms with Crippen LogP contribution in [0.5, 0.6) is 0 Å². The largest absolute Gasteiger partial charge is 0.379 e. The average molecular weight is 238 g/mol. The van der Waals surface area contributed by atoms with Gasteiger partial charge in [0.15, 0.2) is 5.69 Å². The normalized spacial score (nSPS) is 20.4. The molecule has 0 bridgehead atoms. The Hall–Kier alpha value is -2.15. The van der Waals surface area contributed by atoms with Crippen molar-refractivity contribution >= 4 is 16.6 Å². The molecule has 0 amide bonds. The van der Waals surface area contributed by atoms with E-state index in [4.69, 9.17) is 5.26 Å². The van der Waals surface area contributed by atoms with Gasteiger partial charge in [-0.25, -0.2) is 0 Å². The van der Waals surface area contributed by atoms with Gasteiger partial charge in [0.05, 0.1) is 11.2 Å². The van der Waals surface area contributed by atoms with Gasteiger partial charge in [0.1, 0.15) is 6.07 Å². The van der Waals surface area contributed by atoms with Crippen molar-refractivity contribution in [3.63, 3.8) is 0 Å². The molecule has 1 fully saturated rings. The van der Waals surface area contributed by atoms with Crippen LogP contribution in [-0.2, 0) is 0 Å². The van der Waals surface area contributed by atoms with E-state index in [1.807, 2.05) is 24.3 Å². The highest BCUT2D eigenvalue weighted by molar-refractivity contribution is 5.93. The van der Waals surface area contributed by atoms with Gasteiger partial charge in [-0.05, 0) is 17.9 Å². The number of fused-ring (bicyclic) bond motifs is 1. The fourth-order valence-electron chi connectivity index (χ4n) is 2.17. The average Bonchev–Trinajstić information content (AvgIpc) is 2.97. The van der Waals surface area contributed by atoms with E-state index in [2.05, 4.69) is 35.4 Å². The highest BCUT2D eigenvalue weighted by atomic mass is 15.1. The first-order chi connectivity index (χ1) is 8.62. The number of hydrogen-bond donors (Lipinski definition) is 1. The molecule has 18 heavy (non-hydrogen) atoms. The van der Waals surface area contributed by atoms with E-state index < -0.39 is 0 Å². The molecule has 1 aliphatic rings. The first kappa shape index (κ1) is 11.0. The van der Waals surface area contributed by atoms with Gasteiger partial charge in [-0.3, -0.25) is 0 Å². The number of benzene rings is 1. The quantitative estimate of drug-likeness (QED) is 0.873. The highest BCUT2D eigenvalue weighted by Crippen LogP contribution is 2.47. The second kappa shape index (κ2) is 3.67. The molecule has 1 aromatic carbocycles. The fourth-order valence-corrected chi connectivity index (χ4v) is 2.17. The summed E-state index contributed by atoms with van der Waals surface area (Å²) < 4.78 is 0. The summed E-state index contributed by atoms with van der Waals surface area (Å²) in [5, 5.41) is 21.6. The topological polar surface area (TPSA) is 61.6 Å². The number of aromatic nitrogens is 2. The highest BCUT2D eigenvalue weighted by Gasteiger charge is 2.46. The van der Waals surface area contributed by atoms with E-state index in [0.717, 1.165) is 23.0 Å². The number of nitrogens with one attached hydrogen (secondary N) is 1. The van der Waals surface area contributed by atoms with Gasteiger partial charge in [-0.1, -0.05) is 32.0 Å². The lowest BCUT2D eigenvalue weighted by Crippen LogP contribution is -2.11. The lowest BCUT2D eigenvalue weighted by molar-refractivity contribution is 0.630. The van der Waals surface area contributed by atoms with Crippen LogP contribution in [0.15, 0.2) is 24.3 Å². The van der Waals surface area contributed by atoms with E-state index in [9.17, 15) is 0 Å². The zero-order chi connectivity index (χ0) is 12.8. The SMILES string of the molecule is CC1(C)CC1Nc1c(C#N)nnc2ccccc12. The van der Waals surface area contributed by atoms with Crippen LogP contribution < -0.4 is 5.32 Å². The van der Waals surface area contributed by atoms with Gasteiger partial charge in [-0.2, -0.15) is 5.26 Å². The molecule has 2 aromatic rings. The van der Waals surface area contributed by atoms with Crippen LogP contribution in [0.4, 0.5) is 5.69 Å². The third-order valence-corrected chi connectivity index (χ3v) is 3.61. The van der Waals surface area contributed by atoms with Crippen molar-refractivity contribution < 1.29 is 0 Å². The van der Waals surface area contributed by atoms with E-state index in [1.54, 1.807) is 0 Å². The van der Waals surface area contributed by atoms with Gasteiger partial charge in [0, 0.05) is 11.4 Å². The fraction of sp³-hybridized carbons (Fsp3) is 0.357. The zero-order valence-corrected chi connectivity index (χ0v) is 10.4.